The topological polar surface area (TPSA) is 38.3 Å². The van der Waals surface area contributed by atoms with Crippen LogP contribution in [0.4, 0.5) is 0 Å². The zero-order valence-electron chi connectivity index (χ0n) is 15.4. The monoisotopic (exact) mass is 357 g/mol. The molecule has 0 atom stereocenters. The maximum absolute atomic E-state index is 12.9. The predicted molar refractivity (Wildman–Crippen MR) is 110 cm³/mol. The minimum absolute atomic E-state index is 0.0760. The van der Waals surface area contributed by atoms with E-state index in [0.717, 1.165) is 23.3 Å². The first kappa shape index (κ1) is 18.5. The standard InChI is InChI=1S/C24H23NO2/c1-27-22-14-12-20(13-15-22)18-23(21-10-6-3-7-11-21)24(26)25-17-16-19-8-4-2-5-9-19/h2-15,18H,16-17H2,1H3,(H,25,26)/b23-18-. The van der Waals surface area contributed by atoms with E-state index in [0.29, 0.717) is 12.1 Å². The van der Waals surface area contributed by atoms with Crippen LogP contribution in [0.2, 0.25) is 0 Å². The number of hydrogen-bond acceptors (Lipinski definition) is 2. The van der Waals surface area contributed by atoms with Gasteiger partial charge < -0.3 is 10.1 Å². The molecule has 0 radical (unpaired) electrons. The van der Waals surface area contributed by atoms with Crippen LogP contribution in [-0.2, 0) is 11.2 Å². The second kappa shape index (κ2) is 9.39. The van der Waals surface area contributed by atoms with Crippen molar-refractivity contribution in [3.8, 4) is 5.75 Å². The van der Waals surface area contributed by atoms with Crippen LogP contribution >= 0.6 is 0 Å². The number of carbonyl (C=O) groups excluding carboxylic acids is 1. The van der Waals surface area contributed by atoms with Crippen LogP contribution in [0.15, 0.2) is 84.9 Å². The first-order chi connectivity index (χ1) is 13.3. The lowest BCUT2D eigenvalue weighted by Crippen LogP contribution is -2.26. The number of ether oxygens (including phenoxy) is 1. The third-order valence-electron chi connectivity index (χ3n) is 4.30. The van der Waals surface area contributed by atoms with Crippen molar-refractivity contribution in [1.82, 2.24) is 5.32 Å². The molecule has 3 rings (SSSR count). The molecular formula is C24H23NO2. The summed E-state index contributed by atoms with van der Waals surface area (Å²) in [7, 11) is 1.64. The minimum atomic E-state index is -0.0760. The normalized spacial score (nSPS) is 11.1. The molecule has 0 spiro atoms. The molecule has 0 aromatic heterocycles. The summed E-state index contributed by atoms with van der Waals surface area (Å²) >= 11 is 0. The van der Waals surface area contributed by atoms with Gasteiger partial charge in [-0.1, -0.05) is 72.8 Å². The quantitative estimate of drug-likeness (QED) is 0.496. The molecule has 1 amide bonds. The van der Waals surface area contributed by atoms with Crippen molar-refractivity contribution >= 4 is 17.6 Å². The minimum Gasteiger partial charge on any atom is -0.497 e. The molecule has 0 aliphatic rings. The Bertz CT molecular complexity index is 885. The zero-order valence-corrected chi connectivity index (χ0v) is 15.4. The fourth-order valence-electron chi connectivity index (χ4n) is 2.82. The van der Waals surface area contributed by atoms with Crippen molar-refractivity contribution in [2.45, 2.75) is 6.42 Å². The predicted octanol–water partition coefficient (Wildman–Crippen LogP) is 4.59. The van der Waals surface area contributed by atoms with Crippen LogP contribution in [-0.4, -0.2) is 19.6 Å². The Labute approximate surface area is 160 Å². The molecule has 0 heterocycles. The fraction of sp³-hybridized carbons (Fsp3) is 0.125. The molecule has 3 heteroatoms. The van der Waals surface area contributed by atoms with Crippen LogP contribution in [0.5, 0.6) is 5.75 Å². The van der Waals surface area contributed by atoms with Crippen LogP contribution in [0.3, 0.4) is 0 Å². The maximum Gasteiger partial charge on any atom is 0.251 e. The molecule has 0 aliphatic carbocycles. The van der Waals surface area contributed by atoms with Gasteiger partial charge in [-0.3, -0.25) is 4.79 Å². The molecule has 0 saturated carbocycles. The van der Waals surface area contributed by atoms with Gasteiger partial charge in [-0.2, -0.15) is 0 Å². The summed E-state index contributed by atoms with van der Waals surface area (Å²) in [5.41, 5.74) is 3.70. The summed E-state index contributed by atoms with van der Waals surface area (Å²) in [5.74, 6) is 0.716. The highest BCUT2D eigenvalue weighted by molar-refractivity contribution is 6.24. The molecule has 0 bridgehead atoms. The Balaban J connectivity index is 1.77. The van der Waals surface area contributed by atoms with Gasteiger partial charge in [-0.05, 0) is 41.3 Å². The average molecular weight is 357 g/mol. The van der Waals surface area contributed by atoms with Crippen LogP contribution in [0.1, 0.15) is 16.7 Å². The van der Waals surface area contributed by atoms with E-state index in [-0.39, 0.29) is 5.91 Å². The van der Waals surface area contributed by atoms with Gasteiger partial charge in [-0.15, -0.1) is 0 Å². The van der Waals surface area contributed by atoms with Gasteiger partial charge in [0.05, 0.1) is 7.11 Å². The lowest BCUT2D eigenvalue weighted by molar-refractivity contribution is -0.115. The van der Waals surface area contributed by atoms with Gasteiger partial charge in [0.25, 0.3) is 5.91 Å². The number of amides is 1. The summed E-state index contributed by atoms with van der Waals surface area (Å²) in [4.78, 5) is 12.9. The largest absolute Gasteiger partial charge is 0.497 e. The van der Waals surface area contributed by atoms with Gasteiger partial charge in [0.15, 0.2) is 0 Å². The van der Waals surface area contributed by atoms with E-state index in [4.69, 9.17) is 4.74 Å². The van der Waals surface area contributed by atoms with E-state index >= 15 is 0 Å². The van der Waals surface area contributed by atoms with E-state index in [1.807, 2.05) is 78.9 Å². The van der Waals surface area contributed by atoms with Gasteiger partial charge >= 0.3 is 0 Å². The molecule has 136 valence electrons. The van der Waals surface area contributed by atoms with E-state index in [1.54, 1.807) is 7.11 Å². The first-order valence-corrected chi connectivity index (χ1v) is 8.99. The van der Waals surface area contributed by atoms with E-state index in [1.165, 1.54) is 5.56 Å². The number of methoxy groups -OCH3 is 1. The van der Waals surface area contributed by atoms with Crippen molar-refractivity contribution in [1.29, 1.82) is 0 Å². The molecule has 3 aromatic rings. The number of benzene rings is 3. The number of nitrogens with one attached hydrogen (secondary N) is 1. The zero-order chi connectivity index (χ0) is 18.9. The van der Waals surface area contributed by atoms with Crippen LogP contribution < -0.4 is 10.1 Å². The molecule has 0 fully saturated rings. The molecule has 3 aromatic carbocycles. The summed E-state index contributed by atoms with van der Waals surface area (Å²) in [6, 6.07) is 27.5. The molecule has 0 saturated heterocycles. The Morgan fingerprint density at radius 3 is 2.15 bits per heavy atom. The average Bonchev–Trinajstić information content (AvgIpc) is 2.74. The van der Waals surface area contributed by atoms with Gasteiger partial charge in [-0.25, -0.2) is 0 Å². The van der Waals surface area contributed by atoms with Crippen molar-refractivity contribution in [2.75, 3.05) is 13.7 Å². The molecule has 0 unspecified atom stereocenters. The second-order valence-corrected chi connectivity index (χ2v) is 6.19. The Morgan fingerprint density at radius 1 is 0.889 bits per heavy atom. The number of rotatable bonds is 7. The summed E-state index contributed by atoms with van der Waals surface area (Å²) < 4.78 is 5.20. The Morgan fingerprint density at radius 2 is 1.52 bits per heavy atom. The van der Waals surface area contributed by atoms with Crippen molar-refractivity contribution in [2.24, 2.45) is 0 Å². The van der Waals surface area contributed by atoms with Crippen molar-refractivity contribution in [3.63, 3.8) is 0 Å². The molecular weight excluding hydrogens is 334 g/mol. The SMILES string of the molecule is COc1ccc(/C=C(\C(=O)NCCc2ccccc2)c2ccccc2)cc1. The lowest BCUT2D eigenvalue weighted by Gasteiger charge is -2.10. The summed E-state index contributed by atoms with van der Waals surface area (Å²) in [6.07, 6.45) is 2.71. The lowest BCUT2D eigenvalue weighted by atomic mass is 10.0. The summed E-state index contributed by atoms with van der Waals surface area (Å²) in [5, 5.41) is 3.04. The highest BCUT2D eigenvalue weighted by Crippen LogP contribution is 2.20. The summed E-state index contributed by atoms with van der Waals surface area (Å²) in [6.45, 7) is 0.593. The van der Waals surface area contributed by atoms with E-state index in [2.05, 4.69) is 17.4 Å². The Kier molecular flexibility index (Phi) is 6.42. The van der Waals surface area contributed by atoms with Crippen molar-refractivity contribution in [3.05, 3.63) is 102 Å². The van der Waals surface area contributed by atoms with Crippen molar-refractivity contribution < 1.29 is 9.53 Å². The van der Waals surface area contributed by atoms with Gasteiger partial charge in [0, 0.05) is 12.1 Å². The molecule has 3 nitrogen and oxygen atoms in total. The van der Waals surface area contributed by atoms with Gasteiger partial charge in [0.1, 0.15) is 5.75 Å². The highest BCUT2D eigenvalue weighted by atomic mass is 16.5. The number of hydrogen-bond donors (Lipinski definition) is 1. The fourth-order valence-corrected chi connectivity index (χ4v) is 2.82. The van der Waals surface area contributed by atoms with Gasteiger partial charge in [0.2, 0.25) is 0 Å². The first-order valence-electron chi connectivity index (χ1n) is 8.99. The third-order valence-corrected chi connectivity index (χ3v) is 4.30. The smallest absolute Gasteiger partial charge is 0.251 e. The number of carbonyl (C=O) groups is 1. The van der Waals surface area contributed by atoms with Crippen LogP contribution in [0.25, 0.3) is 11.6 Å². The highest BCUT2D eigenvalue weighted by Gasteiger charge is 2.11. The molecule has 0 aliphatic heterocycles. The second-order valence-electron chi connectivity index (χ2n) is 6.19. The molecule has 27 heavy (non-hydrogen) atoms. The third kappa shape index (κ3) is 5.32. The Hall–Kier alpha value is -3.33. The molecule has 1 N–H and O–H groups in total. The van der Waals surface area contributed by atoms with Crippen LogP contribution in [0, 0.1) is 0 Å². The van der Waals surface area contributed by atoms with E-state index < -0.39 is 0 Å². The van der Waals surface area contributed by atoms with E-state index in [9.17, 15) is 4.79 Å². The maximum atomic E-state index is 12.9.